The molecule has 0 amide bonds. The molecule has 0 fully saturated rings. The van der Waals surface area contributed by atoms with E-state index in [0.717, 1.165) is 17.8 Å². The standard InChI is InChI=1S/C20H19FN2O5S/c1-23-10-12(9-22-23)14(8-18(25)27-2)20-19(26)16(24)7-13(28-20)11-29-17-6-4-3-5-15(17)21/h3-7,9-10,14,26H,8,11H2,1-2H3/t14-/m1/s1. The maximum atomic E-state index is 13.8. The topological polar surface area (TPSA) is 94.6 Å². The Balaban J connectivity index is 1.96. The zero-order valence-corrected chi connectivity index (χ0v) is 16.6. The number of rotatable bonds is 7. The molecule has 1 atom stereocenters. The smallest absolute Gasteiger partial charge is 0.306 e. The Morgan fingerprint density at radius 3 is 2.83 bits per heavy atom. The Morgan fingerprint density at radius 2 is 2.17 bits per heavy atom. The van der Waals surface area contributed by atoms with Crippen LogP contribution in [0.5, 0.6) is 5.75 Å². The highest BCUT2D eigenvalue weighted by molar-refractivity contribution is 7.98. The highest BCUT2D eigenvalue weighted by atomic mass is 32.2. The number of ether oxygens (including phenoxy) is 1. The average molecular weight is 418 g/mol. The number of hydrogen-bond acceptors (Lipinski definition) is 7. The lowest BCUT2D eigenvalue weighted by Crippen LogP contribution is -2.13. The molecule has 0 saturated carbocycles. The van der Waals surface area contributed by atoms with Gasteiger partial charge in [-0.2, -0.15) is 5.10 Å². The lowest BCUT2D eigenvalue weighted by molar-refractivity contribution is -0.140. The summed E-state index contributed by atoms with van der Waals surface area (Å²) < 4.78 is 25.9. The second-order valence-electron chi connectivity index (χ2n) is 6.29. The minimum Gasteiger partial charge on any atom is -0.502 e. The van der Waals surface area contributed by atoms with Crippen molar-refractivity contribution in [3.05, 3.63) is 75.9 Å². The van der Waals surface area contributed by atoms with Crippen LogP contribution in [0.4, 0.5) is 4.39 Å². The van der Waals surface area contributed by atoms with Crippen LogP contribution in [0.3, 0.4) is 0 Å². The minimum absolute atomic E-state index is 0.0555. The Labute approximate surface area is 170 Å². The van der Waals surface area contributed by atoms with Crippen molar-refractivity contribution >= 4 is 17.7 Å². The van der Waals surface area contributed by atoms with Gasteiger partial charge in [-0.3, -0.25) is 14.3 Å². The molecule has 0 bridgehead atoms. The molecule has 2 heterocycles. The predicted molar refractivity (Wildman–Crippen MR) is 104 cm³/mol. The summed E-state index contributed by atoms with van der Waals surface area (Å²) >= 11 is 1.16. The van der Waals surface area contributed by atoms with E-state index in [1.165, 1.54) is 24.1 Å². The van der Waals surface area contributed by atoms with Crippen molar-refractivity contribution in [2.24, 2.45) is 7.05 Å². The number of esters is 1. The predicted octanol–water partition coefficient (Wildman–Crippen LogP) is 3.21. The summed E-state index contributed by atoms with van der Waals surface area (Å²) in [4.78, 5) is 24.6. The fraction of sp³-hybridized carbons (Fsp3) is 0.250. The first kappa shape index (κ1) is 20.7. The largest absolute Gasteiger partial charge is 0.502 e. The van der Waals surface area contributed by atoms with Gasteiger partial charge < -0.3 is 14.3 Å². The van der Waals surface area contributed by atoms with Gasteiger partial charge in [0.1, 0.15) is 11.6 Å². The van der Waals surface area contributed by atoms with Crippen molar-refractivity contribution in [2.45, 2.75) is 23.0 Å². The maximum absolute atomic E-state index is 13.8. The lowest BCUT2D eigenvalue weighted by Gasteiger charge is -2.15. The number of nitrogens with zero attached hydrogens (tertiary/aromatic N) is 2. The van der Waals surface area contributed by atoms with Crippen molar-refractivity contribution in [1.82, 2.24) is 9.78 Å². The van der Waals surface area contributed by atoms with Gasteiger partial charge in [-0.1, -0.05) is 12.1 Å². The van der Waals surface area contributed by atoms with Crippen LogP contribution in [0.15, 0.2) is 56.8 Å². The average Bonchev–Trinajstić information content (AvgIpc) is 3.14. The molecular formula is C20H19FN2O5S. The quantitative estimate of drug-likeness (QED) is 0.465. The number of aromatic nitrogens is 2. The second-order valence-corrected chi connectivity index (χ2v) is 7.31. The molecule has 2 aromatic heterocycles. The minimum atomic E-state index is -0.762. The summed E-state index contributed by atoms with van der Waals surface area (Å²) in [5.41, 5.74) is -0.0654. The van der Waals surface area contributed by atoms with Gasteiger partial charge >= 0.3 is 5.97 Å². The van der Waals surface area contributed by atoms with Gasteiger partial charge in [-0.05, 0) is 12.1 Å². The summed E-state index contributed by atoms with van der Waals surface area (Å²) in [5, 5.41) is 14.4. The molecule has 0 spiro atoms. The molecule has 7 nitrogen and oxygen atoms in total. The highest BCUT2D eigenvalue weighted by Crippen LogP contribution is 2.34. The number of carbonyl (C=O) groups excluding carboxylic acids is 1. The zero-order chi connectivity index (χ0) is 21.0. The van der Waals surface area contributed by atoms with E-state index in [4.69, 9.17) is 9.15 Å². The Kier molecular flexibility index (Phi) is 6.38. The number of halogens is 1. The molecule has 0 aliphatic heterocycles. The van der Waals surface area contributed by atoms with Crippen molar-refractivity contribution in [3.8, 4) is 5.75 Å². The van der Waals surface area contributed by atoms with Gasteiger partial charge in [-0.25, -0.2) is 4.39 Å². The summed E-state index contributed by atoms with van der Waals surface area (Å²) in [6, 6.07) is 7.41. The van der Waals surface area contributed by atoms with Crippen LogP contribution in [0.1, 0.15) is 29.4 Å². The first-order valence-corrected chi connectivity index (χ1v) is 9.66. The molecule has 3 aromatic rings. The Morgan fingerprint density at radius 1 is 1.41 bits per heavy atom. The van der Waals surface area contributed by atoms with E-state index in [1.807, 2.05) is 0 Å². The summed E-state index contributed by atoms with van der Waals surface area (Å²) in [7, 11) is 2.95. The number of methoxy groups -OCH3 is 1. The van der Waals surface area contributed by atoms with Crippen molar-refractivity contribution < 1.29 is 23.4 Å². The summed E-state index contributed by atoms with van der Waals surface area (Å²) in [6.07, 6.45) is 3.03. The first-order chi connectivity index (χ1) is 13.9. The molecule has 29 heavy (non-hydrogen) atoms. The number of aromatic hydroxyl groups is 1. The van der Waals surface area contributed by atoms with Gasteiger partial charge in [-0.15, -0.1) is 11.8 Å². The van der Waals surface area contributed by atoms with Gasteiger partial charge in [0, 0.05) is 29.8 Å². The van der Waals surface area contributed by atoms with E-state index in [0.29, 0.717) is 10.5 Å². The summed E-state index contributed by atoms with van der Waals surface area (Å²) in [5.74, 6) is -1.90. The van der Waals surface area contributed by atoms with Crippen LogP contribution in [0, 0.1) is 5.82 Å². The second kappa shape index (κ2) is 8.95. The van der Waals surface area contributed by atoms with Gasteiger partial charge in [0.25, 0.3) is 0 Å². The number of carbonyl (C=O) groups is 1. The maximum Gasteiger partial charge on any atom is 0.306 e. The fourth-order valence-electron chi connectivity index (χ4n) is 2.81. The third-order valence-corrected chi connectivity index (χ3v) is 5.32. The van der Waals surface area contributed by atoms with Crippen LogP contribution >= 0.6 is 11.8 Å². The highest BCUT2D eigenvalue weighted by Gasteiger charge is 2.27. The van der Waals surface area contributed by atoms with Crippen molar-refractivity contribution in [2.75, 3.05) is 7.11 Å². The van der Waals surface area contributed by atoms with E-state index in [1.54, 1.807) is 31.4 Å². The van der Waals surface area contributed by atoms with E-state index >= 15 is 0 Å². The van der Waals surface area contributed by atoms with Crippen LogP contribution in [-0.4, -0.2) is 28.0 Å². The van der Waals surface area contributed by atoms with Crippen molar-refractivity contribution in [3.63, 3.8) is 0 Å². The Hall–Kier alpha value is -3.07. The molecule has 0 aliphatic carbocycles. The molecule has 0 aliphatic rings. The molecule has 0 radical (unpaired) electrons. The Bertz CT molecular complexity index is 1080. The molecule has 3 rings (SSSR count). The van der Waals surface area contributed by atoms with E-state index in [2.05, 4.69) is 5.10 Å². The monoisotopic (exact) mass is 418 g/mol. The van der Waals surface area contributed by atoms with Gasteiger partial charge in [0.05, 0.1) is 31.4 Å². The normalized spacial score (nSPS) is 12.0. The van der Waals surface area contributed by atoms with Crippen LogP contribution in [-0.2, 0) is 22.3 Å². The van der Waals surface area contributed by atoms with E-state index in [9.17, 15) is 19.1 Å². The summed E-state index contributed by atoms with van der Waals surface area (Å²) in [6.45, 7) is 0. The number of hydrogen-bond donors (Lipinski definition) is 1. The molecule has 1 N–H and O–H groups in total. The van der Waals surface area contributed by atoms with Crippen LogP contribution in [0.25, 0.3) is 0 Å². The van der Waals surface area contributed by atoms with E-state index in [-0.39, 0.29) is 29.5 Å². The van der Waals surface area contributed by atoms with Gasteiger partial charge in [0.2, 0.25) is 11.2 Å². The third-order valence-electron chi connectivity index (χ3n) is 4.25. The van der Waals surface area contributed by atoms with Crippen LogP contribution in [0.2, 0.25) is 0 Å². The van der Waals surface area contributed by atoms with E-state index < -0.39 is 23.1 Å². The number of benzene rings is 1. The molecule has 1 aromatic carbocycles. The first-order valence-electron chi connectivity index (χ1n) is 8.67. The third kappa shape index (κ3) is 4.86. The lowest BCUT2D eigenvalue weighted by atomic mass is 9.95. The van der Waals surface area contributed by atoms with Crippen molar-refractivity contribution in [1.29, 1.82) is 0 Å². The molecule has 152 valence electrons. The SMILES string of the molecule is COC(=O)C[C@H](c1cnn(C)c1)c1oc(CSc2ccccc2F)cc(=O)c1O. The van der Waals surface area contributed by atoms with Crippen LogP contribution < -0.4 is 5.43 Å². The molecule has 0 saturated heterocycles. The fourth-order valence-corrected chi connectivity index (χ4v) is 3.63. The molecule has 9 heteroatoms. The van der Waals surface area contributed by atoms with Gasteiger partial charge in [0.15, 0.2) is 5.76 Å². The zero-order valence-electron chi connectivity index (χ0n) is 15.8. The number of thioether (sulfide) groups is 1. The molecule has 0 unspecified atom stereocenters. The molecular weight excluding hydrogens is 399 g/mol. The number of aryl methyl sites for hydroxylation is 1.